The second kappa shape index (κ2) is 11.0. The maximum Gasteiger partial charge on any atom is 0.416 e. The lowest BCUT2D eigenvalue weighted by molar-refractivity contribution is -0.137. The van der Waals surface area contributed by atoms with Crippen molar-refractivity contribution < 1.29 is 23.0 Å². The van der Waals surface area contributed by atoms with E-state index in [-0.39, 0.29) is 42.8 Å². The zero-order valence-electron chi connectivity index (χ0n) is 15.5. The predicted molar refractivity (Wildman–Crippen MR) is 113 cm³/mol. The first-order valence-corrected chi connectivity index (χ1v) is 8.38. The minimum atomic E-state index is -4.38. The van der Waals surface area contributed by atoms with Crippen LogP contribution in [0.15, 0.2) is 47.5 Å². The third kappa shape index (κ3) is 6.77. The van der Waals surface area contributed by atoms with Gasteiger partial charge in [0.05, 0.1) is 19.2 Å². The lowest BCUT2D eigenvalue weighted by Crippen LogP contribution is -2.36. The zero-order valence-corrected chi connectivity index (χ0v) is 17.8. The van der Waals surface area contributed by atoms with E-state index in [1.807, 2.05) is 6.92 Å². The van der Waals surface area contributed by atoms with Crippen molar-refractivity contribution in [3.8, 4) is 11.5 Å². The summed E-state index contributed by atoms with van der Waals surface area (Å²) in [6.07, 6.45) is -4.38. The number of para-hydroxylation sites is 1. The average molecular weight is 509 g/mol. The normalized spacial score (nSPS) is 11.5. The van der Waals surface area contributed by atoms with E-state index in [4.69, 9.17) is 4.74 Å². The fraction of sp³-hybridized carbons (Fsp3) is 0.316. The largest absolute Gasteiger partial charge is 0.504 e. The molecule has 0 saturated heterocycles. The van der Waals surface area contributed by atoms with Crippen LogP contribution in [0.25, 0.3) is 0 Å². The number of aromatic hydroxyl groups is 1. The molecule has 2 aromatic carbocycles. The van der Waals surface area contributed by atoms with Crippen LogP contribution in [-0.2, 0) is 19.3 Å². The number of alkyl halides is 3. The smallest absolute Gasteiger partial charge is 0.416 e. The van der Waals surface area contributed by atoms with Gasteiger partial charge in [-0.2, -0.15) is 13.2 Å². The summed E-state index contributed by atoms with van der Waals surface area (Å²) in [6, 6.07) is 10.2. The molecule has 0 fully saturated rings. The van der Waals surface area contributed by atoms with Crippen molar-refractivity contribution in [3.05, 3.63) is 59.2 Å². The third-order valence-electron chi connectivity index (χ3n) is 3.77. The van der Waals surface area contributed by atoms with Crippen molar-refractivity contribution in [2.75, 3.05) is 13.7 Å². The van der Waals surface area contributed by atoms with Crippen LogP contribution in [0.2, 0.25) is 0 Å². The molecule has 0 unspecified atom stereocenters. The van der Waals surface area contributed by atoms with Gasteiger partial charge in [-0.05, 0) is 30.7 Å². The number of halogens is 4. The van der Waals surface area contributed by atoms with Gasteiger partial charge in [-0.1, -0.05) is 24.3 Å². The maximum absolute atomic E-state index is 12.8. The minimum Gasteiger partial charge on any atom is -0.504 e. The van der Waals surface area contributed by atoms with Crippen molar-refractivity contribution in [1.29, 1.82) is 0 Å². The molecule has 28 heavy (non-hydrogen) atoms. The Morgan fingerprint density at radius 3 is 2.50 bits per heavy atom. The monoisotopic (exact) mass is 509 g/mol. The fourth-order valence-corrected chi connectivity index (χ4v) is 2.41. The van der Waals surface area contributed by atoms with Crippen molar-refractivity contribution in [2.24, 2.45) is 4.99 Å². The zero-order chi connectivity index (χ0) is 19.9. The van der Waals surface area contributed by atoms with E-state index in [9.17, 15) is 18.3 Å². The van der Waals surface area contributed by atoms with E-state index in [2.05, 4.69) is 15.6 Å². The molecule has 0 aliphatic rings. The average Bonchev–Trinajstić information content (AvgIpc) is 2.64. The standard InChI is InChI=1S/C19H22F3N3O2.HI/c1-3-23-18(25-12-14-7-5-9-16(27-2)17(14)26)24-11-13-6-4-8-15(10-13)19(20,21)22;/h4-10,26H,3,11-12H2,1-2H3,(H2,23,24,25);1H. The number of hydrogen-bond acceptors (Lipinski definition) is 3. The first kappa shape index (κ1) is 23.9. The van der Waals surface area contributed by atoms with E-state index in [0.717, 1.165) is 12.1 Å². The number of aliphatic imine (C=N–C) groups is 1. The SMILES string of the molecule is CCNC(=NCc1cccc(C(F)(F)F)c1)NCc1cccc(OC)c1O.I. The molecule has 0 spiro atoms. The fourth-order valence-electron chi connectivity index (χ4n) is 2.41. The molecule has 5 nitrogen and oxygen atoms in total. The van der Waals surface area contributed by atoms with Crippen LogP contribution in [-0.4, -0.2) is 24.7 Å². The number of phenols is 1. The molecule has 0 bridgehead atoms. The Bertz CT molecular complexity index is 798. The quantitative estimate of drug-likeness (QED) is 0.309. The van der Waals surface area contributed by atoms with Crippen molar-refractivity contribution in [2.45, 2.75) is 26.2 Å². The Hall–Kier alpha value is -2.17. The summed E-state index contributed by atoms with van der Waals surface area (Å²) in [7, 11) is 1.47. The number of ether oxygens (including phenoxy) is 1. The summed E-state index contributed by atoms with van der Waals surface area (Å²) in [6.45, 7) is 2.82. The first-order chi connectivity index (χ1) is 12.8. The predicted octanol–water partition coefficient (Wildman–Crippen LogP) is 4.29. The number of rotatable bonds is 6. The molecule has 0 saturated carbocycles. The number of hydrogen-bond donors (Lipinski definition) is 3. The lowest BCUT2D eigenvalue weighted by Gasteiger charge is -2.13. The summed E-state index contributed by atoms with van der Waals surface area (Å²) in [4.78, 5) is 4.31. The van der Waals surface area contributed by atoms with E-state index in [1.54, 1.807) is 24.3 Å². The number of nitrogens with zero attached hydrogens (tertiary/aromatic N) is 1. The highest BCUT2D eigenvalue weighted by Crippen LogP contribution is 2.30. The molecule has 0 heterocycles. The van der Waals surface area contributed by atoms with E-state index >= 15 is 0 Å². The van der Waals surface area contributed by atoms with Gasteiger partial charge in [0.15, 0.2) is 17.5 Å². The molecule has 0 aliphatic heterocycles. The molecular formula is C19H23F3IN3O2. The summed E-state index contributed by atoms with van der Waals surface area (Å²) >= 11 is 0. The second-order valence-electron chi connectivity index (χ2n) is 5.71. The van der Waals surface area contributed by atoms with Gasteiger partial charge in [-0.15, -0.1) is 24.0 Å². The Morgan fingerprint density at radius 1 is 1.14 bits per heavy atom. The van der Waals surface area contributed by atoms with Crippen LogP contribution in [0.1, 0.15) is 23.6 Å². The van der Waals surface area contributed by atoms with Gasteiger partial charge in [-0.3, -0.25) is 0 Å². The van der Waals surface area contributed by atoms with Crippen LogP contribution >= 0.6 is 24.0 Å². The number of methoxy groups -OCH3 is 1. The molecule has 9 heteroatoms. The van der Waals surface area contributed by atoms with Crippen molar-refractivity contribution in [3.63, 3.8) is 0 Å². The van der Waals surface area contributed by atoms with Gasteiger partial charge in [-0.25, -0.2) is 4.99 Å². The Kier molecular flexibility index (Phi) is 9.36. The van der Waals surface area contributed by atoms with E-state index in [1.165, 1.54) is 13.2 Å². The topological polar surface area (TPSA) is 65.9 Å². The van der Waals surface area contributed by atoms with Gasteiger partial charge >= 0.3 is 6.18 Å². The number of guanidine groups is 1. The summed E-state index contributed by atoms with van der Waals surface area (Å²) < 4.78 is 43.5. The molecule has 0 aromatic heterocycles. The highest BCUT2D eigenvalue weighted by atomic mass is 127. The van der Waals surface area contributed by atoms with E-state index < -0.39 is 11.7 Å². The Morgan fingerprint density at radius 2 is 1.86 bits per heavy atom. The summed E-state index contributed by atoms with van der Waals surface area (Å²) in [5.41, 5.74) is 0.361. The minimum absolute atomic E-state index is 0. The molecule has 3 N–H and O–H groups in total. The number of nitrogens with one attached hydrogen (secondary N) is 2. The Balaban J connectivity index is 0.00000392. The van der Waals surface area contributed by atoms with Crippen LogP contribution < -0.4 is 15.4 Å². The summed E-state index contributed by atoms with van der Waals surface area (Å²) in [5.74, 6) is 0.818. The molecule has 0 atom stereocenters. The van der Waals surface area contributed by atoms with Crippen LogP contribution in [0.3, 0.4) is 0 Å². The third-order valence-corrected chi connectivity index (χ3v) is 3.77. The first-order valence-electron chi connectivity index (χ1n) is 8.38. The Labute approximate surface area is 179 Å². The number of phenolic OH excluding ortho intramolecular Hbond substituents is 1. The summed E-state index contributed by atoms with van der Waals surface area (Å²) in [5, 5.41) is 16.2. The maximum atomic E-state index is 12.8. The van der Waals surface area contributed by atoms with Crippen molar-refractivity contribution >= 4 is 29.9 Å². The number of benzene rings is 2. The molecule has 154 valence electrons. The van der Waals surface area contributed by atoms with E-state index in [0.29, 0.717) is 29.4 Å². The lowest BCUT2D eigenvalue weighted by atomic mass is 10.1. The van der Waals surface area contributed by atoms with Crippen LogP contribution in [0.4, 0.5) is 13.2 Å². The molecular weight excluding hydrogens is 486 g/mol. The molecule has 0 amide bonds. The van der Waals surface area contributed by atoms with Gasteiger partial charge in [0.25, 0.3) is 0 Å². The second-order valence-corrected chi connectivity index (χ2v) is 5.71. The molecule has 0 radical (unpaired) electrons. The van der Waals surface area contributed by atoms with Crippen LogP contribution in [0, 0.1) is 0 Å². The van der Waals surface area contributed by atoms with Gasteiger partial charge in [0.1, 0.15) is 0 Å². The molecule has 2 aromatic rings. The van der Waals surface area contributed by atoms with Gasteiger partial charge in [0.2, 0.25) is 0 Å². The highest BCUT2D eigenvalue weighted by Gasteiger charge is 2.30. The molecule has 0 aliphatic carbocycles. The van der Waals surface area contributed by atoms with Gasteiger partial charge in [0, 0.05) is 18.7 Å². The molecule has 2 rings (SSSR count). The van der Waals surface area contributed by atoms with Crippen LogP contribution in [0.5, 0.6) is 11.5 Å². The van der Waals surface area contributed by atoms with Gasteiger partial charge < -0.3 is 20.5 Å². The van der Waals surface area contributed by atoms with Crippen molar-refractivity contribution in [1.82, 2.24) is 10.6 Å². The highest BCUT2D eigenvalue weighted by molar-refractivity contribution is 14.0.